The van der Waals surface area contributed by atoms with Crippen LogP contribution in [0.2, 0.25) is 0 Å². The summed E-state index contributed by atoms with van der Waals surface area (Å²) in [6.07, 6.45) is 5.66. The lowest BCUT2D eigenvalue weighted by atomic mass is 10.0. The summed E-state index contributed by atoms with van der Waals surface area (Å²) in [6.45, 7) is 4.84. The van der Waals surface area contributed by atoms with Crippen molar-refractivity contribution in [3.63, 3.8) is 0 Å². The number of nitrogens with zero attached hydrogens (tertiary/aromatic N) is 1. The maximum absolute atomic E-state index is 12.5. The predicted octanol–water partition coefficient (Wildman–Crippen LogP) is 0.907. The normalized spacial score (nSPS) is 26.6. The van der Waals surface area contributed by atoms with E-state index in [2.05, 4.69) is 10.2 Å². The molecule has 2 fully saturated rings. The van der Waals surface area contributed by atoms with Crippen molar-refractivity contribution in [3.05, 3.63) is 0 Å². The molecule has 0 saturated carbocycles. The molecule has 0 aromatic heterocycles. The molecule has 2 aliphatic rings. The number of carbonyl (C=O) groups is 1. The van der Waals surface area contributed by atoms with Crippen LogP contribution in [0, 0.1) is 0 Å². The molecule has 20 heavy (non-hydrogen) atoms. The van der Waals surface area contributed by atoms with E-state index in [0.717, 1.165) is 51.9 Å². The first kappa shape index (κ1) is 15.7. The number of hydrogen-bond acceptors (Lipinski definition) is 4. The molecule has 1 amide bonds. The fourth-order valence-electron chi connectivity index (χ4n) is 3.36. The summed E-state index contributed by atoms with van der Waals surface area (Å²) in [7, 11) is 0. The van der Waals surface area contributed by atoms with Gasteiger partial charge in [0.05, 0.1) is 6.04 Å². The van der Waals surface area contributed by atoms with Crippen LogP contribution >= 0.6 is 0 Å². The Labute approximate surface area is 121 Å². The van der Waals surface area contributed by atoms with Crippen molar-refractivity contribution < 1.29 is 14.6 Å². The lowest BCUT2D eigenvalue weighted by Gasteiger charge is -2.35. The molecule has 5 nitrogen and oxygen atoms in total. The minimum absolute atomic E-state index is 0.0193. The van der Waals surface area contributed by atoms with Crippen molar-refractivity contribution in [2.45, 2.75) is 63.6 Å². The quantitative estimate of drug-likeness (QED) is 0.761. The Bertz CT molecular complexity index is 305. The van der Waals surface area contributed by atoms with Gasteiger partial charge >= 0.3 is 0 Å². The second-order valence-electron chi connectivity index (χ2n) is 5.87. The van der Waals surface area contributed by atoms with E-state index in [0.29, 0.717) is 12.5 Å². The standard InChI is InChI=1S/C15H28N2O3/c1-2-12(5-9-18)16-15(19)14-4-3-8-17(14)13-6-10-20-11-7-13/h12-14,18H,2-11H2,1H3,(H,16,19). The molecule has 0 bridgehead atoms. The number of hydrogen-bond donors (Lipinski definition) is 2. The molecule has 0 aliphatic carbocycles. The summed E-state index contributed by atoms with van der Waals surface area (Å²) in [5, 5.41) is 12.1. The molecule has 116 valence electrons. The molecule has 2 heterocycles. The van der Waals surface area contributed by atoms with Gasteiger partial charge in [0.2, 0.25) is 5.91 Å². The van der Waals surface area contributed by atoms with Crippen LogP contribution in [0.3, 0.4) is 0 Å². The zero-order valence-electron chi connectivity index (χ0n) is 12.5. The lowest BCUT2D eigenvalue weighted by molar-refractivity contribution is -0.127. The van der Waals surface area contributed by atoms with Gasteiger partial charge in [-0.3, -0.25) is 9.69 Å². The summed E-state index contributed by atoms with van der Waals surface area (Å²) in [4.78, 5) is 14.9. The van der Waals surface area contributed by atoms with Crippen LogP contribution in [0.15, 0.2) is 0 Å². The van der Waals surface area contributed by atoms with E-state index in [9.17, 15) is 4.79 Å². The second kappa shape index (κ2) is 7.96. The summed E-state index contributed by atoms with van der Waals surface area (Å²) < 4.78 is 5.41. The van der Waals surface area contributed by atoms with E-state index >= 15 is 0 Å². The van der Waals surface area contributed by atoms with Crippen molar-refractivity contribution in [3.8, 4) is 0 Å². The topological polar surface area (TPSA) is 61.8 Å². The minimum atomic E-state index is 0.0193. The molecule has 2 N–H and O–H groups in total. The zero-order chi connectivity index (χ0) is 14.4. The fraction of sp³-hybridized carbons (Fsp3) is 0.933. The summed E-state index contributed by atoms with van der Waals surface area (Å²) in [5.41, 5.74) is 0. The average Bonchev–Trinajstić information content (AvgIpc) is 2.97. The first-order valence-electron chi connectivity index (χ1n) is 8.01. The summed E-state index contributed by atoms with van der Waals surface area (Å²) >= 11 is 0. The van der Waals surface area contributed by atoms with Crippen molar-refractivity contribution in [2.75, 3.05) is 26.4 Å². The van der Waals surface area contributed by atoms with Gasteiger partial charge in [0.1, 0.15) is 0 Å². The number of carbonyl (C=O) groups excluding carboxylic acids is 1. The van der Waals surface area contributed by atoms with Crippen molar-refractivity contribution in [1.29, 1.82) is 0 Å². The Hall–Kier alpha value is -0.650. The number of likely N-dealkylation sites (tertiary alicyclic amines) is 1. The Morgan fingerprint density at radius 3 is 2.80 bits per heavy atom. The highest BCUT2D eigenvalue weighted by Gasteiger charge is 2.36. The van der Waals surface area contributed by atoms with Crippen molar-refractivity contribution in [2.24, 2.45) is 0 Å². The number of ether oxygens (including phenoxy) is 1. The van der Waals surface area contributed by atoms with Crippen LogP contribution in [-0.4, -0.2) is 60.4 Å². The largest absolute Gasteiger partial charge is 0.396 e. The molecule has 2 atom stereocenters. The third-order valence-electron chi connectivity index (χ3n) is 4.57. The molecular weight excluding hydrogens is 256 g/mol. The van der Waals surface area contributed by atoms with Crippen LogP contribution in [0.4, 0.5) is 0 Å². The lowest BCUT2D eigenvalue weighted by Crippen LogP contribution is -2.51. The highest BCUT2D eigenvalue weighted by Crippen LogP contribution is 2.25. The smallest absolute Gasteiger partial charge is 0.237 e. The van der Waals surface area contributed by atoms with E-state index in [4.69, 9.17) is 9.84 Å². The van der Waals surface area contributed by atoms with Crippen LogP contribution < -0.4 is 5.32 Å². The molecular formula is C15H28N2O3. The summed E-state index contributed by atoms with van der Waals surface area (Å²) in [5.74, 6) is 0.147. The van der Waals surface area contributed by atoms with E-state index in [1.807, 2.05) is 6.92 Å². The highest BCUT2D eigenvalue weighted by atomic mass is 16.5. The molecule has 0 radical (unpaired) electrons. The van der Waals surface area contributed by atoms with E-state index in [-0.39, 0.29) is 24.6 Å². The highest BCUT2D eigenvalue weighted by molar-refractivity contribution is 5.82. The maximum Gasteiger partial charge on any atom is 0.237 e. The molecule has 0 aromatic rings. The van der Waals surface area contributed by atoms with Gasteiger partial charge < -0.3 is 15.2 Å². The van der Waals surface area contributed by atoms with Crippen LogP contribution in [0.5, 0.6) is 0 Å². The molecule has 2 saturated heterocycles. The molecule has 0 aromatic carbocycles. The fourth-order valence-corrected chi connectivity index (χ4v) is 3.36. The Kier molecular flexibility index (Phi) is 6.26. The van der Waals surface area contributed by atoms with Gasteiger partial charge in [-0.15, -0.1) is 0 Å². The summed E-state index contributed by atoms with van der Waals surface area (Å²) in [6, 6.07) is 0.621. The van der Waals surface area contributed by atoms with E-state index in [1.54, 1.807) is 0 Å². The first-order chi connectivity index (χ1) is 9.76. The van der Waals surface area contributed by atoms with Gasteiger partial charge in [0.25, 0.3) is 0 Å². The molecule has 0 spiro atoms. The number of aliphatic hydroxyl groups excluding tert-OH is 1. The number of rotatable bonds is 6. The Morgan fingerprint density at radius 1 is 1.40 bits per heavy atom. The van der Waals surface area contributed by atoms with E-state index in [1.165, 1.54) is 0 Å². The predicted molar refractivity (Wildman–Crippen MR) is 77.5 cm³/mol. The first-order valence-corrected chi connectivity index (χ1v) is 8.01. The Morgan fingerprint density at radius 2 is 2.15 bits per heavy atom. The third-order valence-corrected chi connectivity index (χ3v) is 4.57. The van der Waals surface area contributed by atoms with Crippen molar-refractivity contribution >= 4 is 5.91 Å². The van der Waals surface area contributed by atoms with Gasteiger partial charge in [0, 0.05) is 31.9 Å². The van der Waals surface area contributed by atoms with Gasteiger partial charge in [-0.25, -0.2) is 0 Å². The number of aliphatic hydroxyl groups is 1. The maximum atomic E-state index is 12.5. The third kappa shape index (κ3) is 3.93. The van der Waals surface area contributed by atoms with E-state index < -0.39 is 0 Å². The molecule has 2 rings (SSSR count). The van der Waals surface area contributed by atoms with Crippen molar-refractivity contribution in [1.82, 2.24) is 10.2 Å². The Balaban J connectivity index is 1.90. The van der Waals surface area contributed by atoms with Crippen LogP contribution in [0.25, 0.3) is 0 Å². The minimum Gasteiger partial charge on any atom is -0.396 e. The second-order valence-corrected chi connectivity index (χ2v) is 5.87. The number of amides is 1. The van der Waals surface area contributed by atoms with Crippen LogP contribution in [-0.2, 0) is 9.53 Å². The molecule has 2 aliphatic heterocycles. The van der Waals surface area contributed by atoms with Crippen LogP contribution in [0.1, 0.15) is 45.4 Å². The average molecular weight is 284 g/mol. The number of nitrogens with one attached hydrogen (secondary N) is 1. The van der Waals surface area contributed by atoms with Gasteiger partial charge in [-0.05, 0) is 45.1 Å². The molecule has 5 heteroatoms. The SMILES string of the molecule is CCC(CCO)NC(=O)C1CCCN1C1CCOCC1. The van der Waals surface area contributed by atoms with Gasteiger partial charge in [-0.1, -0.05) is 6.92 Å². The zero-order valence-corrected chi connectivity index (χ0v) is 12.5. The van der Waals surface area contributed by atoms with Gasteiger partial charge in [-0.2, -0.15) is 0 Å². The van der Waals surface area contributed by atoms with Gasteiger partial charge in [0.15, 0.2) is 0 Å². The molecule has 2 unspecified atom stereocenters. The monoisotopic (exact) mass is 284 g/mol.